The van der Waals surface area contributed by atoms with Gasteiger partial charge in [-0.25, -0.2) is 8.78 Å². The molecule has 0 saturated carbocycles. The summed E-state index contributed by atoms with van der Waals surface area (Å²) in [6.07, 6.45) is -3.45. The molecule has 2 atom stereocenters. The third kappa shape index (κ3) is 8.40. The molecule has 0 amide bonds. The summed E-state index contributed by atoms with van der Waals surface area (Å²) in [6.45, 7) is 0. The van der Waals surface area contributed by atoms with E-state index in [1.165, 1.54) is 0 Å². The number of hydrogen-bond donors (Lipinski definition) is 0. The van der Waals surface area contributed by atoms with Gasteiger partial charge in [-0.3, -0.25) is 0 Å². The van der Waals surface area contributed by atoms with Gasteiger partial charge in [-0.15, -0.1) is 0 Å². The van der Waals surface area contributed by atoms with Crippen molar-refractivity contribution in [3.05, 3.63) is 0 Å². The molecule has 0 heterocycles. The molecule has 0 aromatic carbocycles. The standard InChI is InChI=1S/C2H2ClF7O2S/c3-1(4)2(5)11-12-13(6,7,8,9)10/h1-2H. The van der Waals surface area contributed by atoms with Crippen LogP contribution in [-0.4, -0.2) is 12.0 Å². The third-order valence-corrected chi connectivity index (χ3v) is 0.992. The van der Waals surface area contributed by atoms with Crippen LogP contribution in [0.4, 0.5) is 28.2 Å². The number of rotatable bonds is 4. The van der Waals surface area contributed by atoms with Crippen LogP contribution >= 0.6 is 22.1 Å². The van der Waals surface area contributed by atoms with Crippen molar-refractivity contribution in [3.8, 4) is 0 Å². The highest BCUT2D eigenvalue weighted by Crippen LogP contribution is 2.98. The number of hydrogen-bond acceptors (Lipinski definition) is 2. The summed E-state index contributed by atoms with van der Waals surface area (Å²) in [7, 11) is -10.3. The van der Waals surface area contributed by atoms with Gasteiger partial charge in [-0.05, 0) is 0 Å². The van der Waals surface area contributed by atoms with E-state index in [2.05, 4.69) is 16.5 Å². The molecule has 2 nitrogen and oxygen atoms in total. The quantitative estimate of drug-likeness (QED) is 0.329. The van der Waals surface area contributed by atoms with Gasteiger partial charge in [0.2, 0.25) is 5.63 Å². The van der Waals surface area contributed by atoms with Crippen molar-refractivity contribution in [1.82, 2.24) is 0 Å². The maximum absolute atomic E-state index is 11.7. The normalized spacial score (nSPS) is 23.1. The zero-order chi connectivity index (χ0) is 11.0. The van der Waals surface area contributed by atoms with E-state index in [-0.39, 0.29) is 0 Å². The molecule has 0 aliphatic carbocycles. The van der Waals surface area contributed by atoms with Crippen molar-refractivity contribution in [2.75, 3.05) is 0 Å². The summed E-state index contributed by atoms with van der Waals surface area (Å²) in [4.78, 5) is 2.38. The van der Waals surface area contributed by atoms with Gasteiger partial charge in [0.05, 0.1) is 0 Å². The fourth-order valence-electron chi connectivity index (χ4n) is 0.154. The average Bonchev–Trinajstić information content (AvgIpc) is 1.77. The zero-order valence-corrected chi connectivity index (χ0v) is 6.98. The molecule has 13 heavy (non-hydrogen) atoms. The largest absolute Gasteiger partial charge is 0.422 e. The molecule has 0 N–H and O–H groups in total. The fourth-order valence-corrected chi connectivity index (χ4v) is 0.419. The minimum Gasteiger partial charge on any atom is -0.224 e. The molecule has 0 spiro atoms. The molecule has 0 aromatic rings. The fraction of sp³-hybridized carbons (Fsp3) is 1.00. The van der Waals surface area contributed by atoms with Crippen LogP contribution in [0.5, 0.6) is 0 Å². The predicted molar refractivity (Wildman–Crippen MR) is 30.9 cm³/mol. The van der Waals surface area contributed by atoms with Crippen LogP contribution in [0.25, 0.3) is 0 Å². The highest BCUT2D eigenvalue weighted by Gasteiger charge is 2.68. The van der Waals surface area contributed by atoms with Gasteiger partial charge in [-0.1, -0.05) is 35.4 Å². The second-order valence-electron chi connectivity index (χ2n) is 1.75. The summed E-state index contributed by atoms with van der Waals surface area (Å²) in [6, 6.07) is 0. The summed E-state index contributed by atoms with van der Waals surface area (Å²) < 4.78 is 80.6. The van der Waals surface area contributed by atoms with Crippen LogP contribution in [0, 0.1) is 0 Å². The molecule has 0 saturated heterocycles. The molecular formula is C2H2ClF7O2S. The van der Waals surface area contributed by atoms with E-state index in [4.69, 9.17) is 0 Å². The predicted octanol–water partition coefficient (Wildman–Crippen LogP) is 3.98. The van der Waals surface area contributed by atoms with Crippen LogP contribution in [0.3, 0.4) is 0 Å². The molecule has 0 rings (SSSR count). The second-order valence-corrected chi connectivity index (χ2v) is 4.10. The number of halogens is 8. The minimum absolute atomic E-state index is 1.61. The minimum atomic E-state index is -10.3. The summed E-state index contributed by atoms with van der Waals surface area (Å²) in [5, 5.41) is 0. The van der Waals surface area contributed by atoms with Crippen molar-refractivity contribution >= 4 is 22.1 Å². The summed E-state index contributed by atoms with van der Waals surface area (Å²) in [5.41, 5.74) is -3.04. The Kier molecular flexibility index (Phi) is 2.79. The molecule has 0 aliphatic rings. The summed E-state index contributed by atoms with van der Waals surface area (Å²) in [5.74, 6) is 0. The monoisotopic (exact) mass is 258 g/mol. The first-order chi connectivity index (χ1) is 5.30. The Balaban J connectivity index is 4.20. The third-order valence-electron chi connectivity index (χ3n) is 0.458. The smallest absolute Gasteiger partial charge is 0.224 e. The van der Waals surface area contributed by atoms with Gasteiger partial charge < -0.3 is 0 Å². The SMILES string of the molecule is FC(Cl)C(F)OOS(F)(F)(F)(F)F. The molecule has 0 aromatic heterocycles. The Labute approximate surface area is 72.4 Å². The van der Waals surface area contributed by atoms with E-state index in [0.717, 1.165) is 0 Å². The van der Waals surface area contributed by atoms with E-state index in [1.807, 2.05) is 0 Å². The van der Waals surface area contributed by atoms with Gasteiger partial charge in [0.1, 0.15) is 0 Å². The molecule has 0 aliphatic heterocycles. The zero-order valence-electron chi connectivity index (χ0n) is 5.40. The lowest BCUT2D eigenvalue weighted by Gasteiger charge is -2.36. The van der Waals surface area contributed by atoms with Crippen LogP contribution in [-0.2, 0) is 9.22 Å². The Morgan fingerprint density at radius 3 is 1.62 bits per heavy atom. The van der Waals surface area contributed by atoms with Crippen molar-refractivity contribution in [2.45, 2.75) is 12.0 Å². The van der Waals surface area contributed by atoms with E-state index >= 15 is 0 Å². The van der Waals surface area contributed by atoms with Gasteiger partial charge in [0, 0.05) is 0 Å². The second kappa shape index (κ2) is 2.78. The molecule has 0 radical (unpaired) electrons. The molecule has 0 fully saturated rings. The van der Waals surface area contributed by atoms with Gasteiger partial charge in [0.15, 0.2) is 0 Å². The highest BCUT2D eigenvalue weighted by molar-refractivity contribution is 8.42. The van der Waals surface area contributed by atoms with Crippen LogP contribution < -0.4 is 0 Å². The van der Waals surface area contributed by atoms with Crippen molar-refractivity contribution in [2.24, 2.45) is 0 Å². The topological polar surface area (TPSA) is 18.5 Å². The van der Waals surface area contributed by atoms with Crippen molar-refractivity contribution in [1.29, 1.82) is 0 Å². The first kappa shape index (κ1) is 13.1. The molecular weight excluding hydrogens is 257 g/mol. The van der Waals surface area contributed by atoms with E-state index in [0.29, 0.717) is 0 Å². The Morgan fingerprint density at radius 2 is 1.38 bits per heavy atom. The van der Waals surface area contributed by atoms with Crippen LogP contribution in [0.15, 0.2) is 0 Å². The lowest BCUT2D eigenvalue weighted by molar-refractivity contribution is -0.307. The van der Waals surface area contributed by atoms with Crippen LogP contribution in [0.1, 0.15) is 0 Å². The van der Waals surface area contributed by atoms with E-state index in [1.54, 1.807) is 4.33 Å². The van der Waals surface area contributed by atoms with E-state index in [9.17, 15) is 28.2 Å². The Morgan fingerprint density at radius 1 is 1.00 bits per heavy atom. The average molecular weight is 259 g/mol. The van der Waals surface area contributed by atoms with Gasteiger partial charge in [-0.2, -0.15) is 4.89 Å². The van der Waals surface area contributed by atoms with E-state index < -0.39 is 22.5 Å². The first-order valence-electron chi connectivity index (χ1n) is 2.33. The van der Waals surface area contributed by atoms with Gasteiger partial charge >= 0.3 is 10.5 Å². The first-order valence-corrected chi connectivity index (χ1v) is 4.64. The maximum atomic E-state index is 11.7. The molecule has 2 unspecified atom stereocenters. The lowest BCUT2D eigenvalue weighted by Crippen LogP contribution is -2.20. The lowest BCUT2D eigenvalue weighted by atomic mass is 10.8. The molecule has 84 valence electrons. The maximum Gasteiger partial charge on any atom is 0.422 e. The van der Waals surface area contributed by atoms with Gasteiger partial charge in [0.25, 0.3) is 6.36 Å². The van der Waals surface area contributed by atoms with Crippen molar-refractivity contribution in [3.63, 3.8) is 0 Å². The highest BCUT2D eigenvalue weighted by atomic mass is 35.5. The molecule has 11 heteroatoms. The number of alkyl halides is 3. The molecule has 0 bridgehead atoms. The summed E-state index contributed by atoms with van der Waals surface area (Å²) >= 11 is 4.20. The Bertz CT molecular complexity index is 186. The Hall–Kier alpha value is 0.0700. The van der Waals surface area contributed by atoms with Crippen molar-refractivity contribution < 1.29 is 37.4 Å². The van der Waals surface area contributed by atoms with Crippen LogP contribution in [0.2, 0.25) is 0 Å².